The van der Waals surface area contributed by atoms with Gasteiger partial charge in [0.05, 0.1) is 12.4 Å². The molecule has 1 fully saturated rings. The van der Waals surface area contributed by atoms with Gasteiger partial charge in [-0.2, -0.15) is 11.8 Å². The number of thioether (sulfide) groups is 1. The fourth-order valence-corrected chi connectivity index (χ4v) is 4.81. The van der Waals surface area contributed by atoms with Gasteiger partial charge in [-0.25, -0.2) is 9.78 Å². The van der Waals surface area contributed by atoms with Crippen LogP contribution < -0.4 is 16.4 Å². The number of nitrogens with zero attached hydrogens (tertiary/aromatic N) is 2. The Balaban J connectivity index is 1.66. The number of nitrogens with two attached hydrogens (primary N) is 1. The second kappa shape index (κ2) is 13.8. The number of rotatable bonds is 13. The molecule has 3 amide bonds. The number of carboxylic acids is 1. The fourth-order valence-electron chi connectivity index (χ4n) is 4.34. The number of imidazole rings is 1. The summed E-state index contributed by atoms with van der Waals surface area (Å²) in [7, 11) is 0. The number of aromatic hydroxyl groups is 1. The quantitative estimate of drug-likeness (QED) is 0.201. The topological polar surface area (TPSA) is 191 Å². The van der Waals surface area contributed by atoms with Crippen LogP contribution in [0.5, 0.6) is 5.75 Å². The summed E-state index contributed by atoms with van der Waals surface area (Å²) >= 11 is 1.52. The van der Waals surface area contributed by atoms with E-state index in [0.29, 0.717) is 37.3 Å². The molecule has 2 aromatic rings. The molecule has 1 aliphatic heterocycles. The zero-order valence-electron chi connectivity index (χ0n) is 21.1. The average molecular weight is 547 g/mol. The molecule has 0 aliphatic carbocycles. The predicted octanol–water partition coefficient (Wildman–Crippen LogP) is 0.0261. The Morgan fingerprint density at radius 1 is 1.18 bits per heavy atom. The second-order valence-corrected chi connectivity index (χ2v) is 10.2. The summed E-state index contributed by atoms with van der Waals surface area (Å²) in [6, 6.07) is 2.53. The van der Waals surface area contributed by atoms with Gasteiger partial charge in [0.2, 0.25) is 17.7 Å². The molecule has 0 saturated carbocycles. The molecule has 13 heteroatoms. The van der Waals surface area contributed by atoms with Gasteiger partial charge in [-0.1, -0.05) is 12.1 Å². The van der Waals surface area contributed by atoms with E-state index in [2.05, 4.69) is 20.6 Å². The van der Waals surface area contributed by atoms with E-state index in [-0.39, 0.29) is 18.6 Å². The van der Waals surface area contributed by atoms with Crippen LogP contribution in [-0.4, -0.2) is 91.5 Å². The third kappa shape index (κ3) is 7.96. The third-order valence-electron chi connectivity index (χ3n) is 6.39. The molecule has 1 aromatic carbocycles. The van der Waals surface area contributed by atoms with Gasteiger partial charge in [-0.3, -0.25) is 14.4 Å². The number of carbonyl (C=O) groups is 4. The Labute approximate surface area is 224 Å². The van der Waals surface area contributed by atoms with Crippen molar-refractivity contribution in [1.29, 1.82) is 0 Å². The Hall–Kier alpha value is -3.58. The van der Waals surface area contributed by atoms with Crippen molar-refractivity contribution in [2.75, 3.05) is 18.6 Å². The van der Waals surface area contributed by atoms with Crippen molar-refractivity contribution in [3.8, 4) is 5.75 Å². The molecule has 4 unspecified atom stereocenters. The average Bonchev–Trinajstić information content (AvgIpc) is 3.59. The Kier molecular flexibility index (Phi) is 10.5. The Morgan fingerprint density at radius 2 is 1.92 bits per heavy atom. The van der Waals surface area contributed by atoms with E-state index in [1.165, 1.54) is 41.3 Å². The Bertz CT molecular complexity index is 1100. The minimum atomic E-state index is -1.20. The molecule has 2 heterocycles. The summed E-state index contributed by atoms with van der Waals surface area (Å²) in [5, 5.41) is 24.3. The first kappa shape index (κ1) is 29.0. The molecular formula is C25H34N6O6S. The molecule has 0 bridgehead atoms. The van der Waals surface area contributed by atoms with E-state index in [1.54, 1.807) is 12.1 Å². The SMILES string of the molecule is CSCCC(NC(=O)C(N)Cc1ccc(O)cc1)C(=O)N1CCCC1C(=O)NC(Cc1cnc[nH]1)C(=O)O. The van der Waals surface area contributed by atoms with Gasteiger partial charge in [0, 0.05) is 24.9 Å². The summed E-state index contributed by atoms with van der Waals surface area (Å²) in [4.78, 5) is 59.3. The highest BCUT2D eigenvalue weighted by atomic mass is 32.2. The highest BCUT2D eigenvalue weighted by Gasteiger charge is 2.39. The van der Waals surface area contributed by atoms with Crippen LogP contribution in [0.25, 0.3) is 0 Å². The second-order valence-electron chi connectivity index (χ2n) is 9.19. The molecule has 1 aliphatic rings. The largest absolute Gasteiger partial charge is 0.508 e. The van der Waals surface area contributed by atoms with Crippen molar-refractivity contribution < 1.29 is 29.4 Å². The minimum absolute atomic E-state index is 0.0209. The van der Waals surface area contributed by atoms with Gasteiger partial charge in [0.15, 0.2) is 0 Å². The van der Waals surface area contributed by atoms with E-state index in [9.17, 15) is 29.4 Å². The number of phenols is 1. The summed E-state index contributed by atoms with van der Waals surface area (Å²) < 4.78 is 0. The summed E-state index contributed by atoms with van der Waals surface area (Å²) in [6.07, 6.45) is 6.34. The van der Waals surface area contributed by atoms with Crippen LogP contribution in [0.3, 0.4) is 0 Å². The molecule has 4 atom stereocenters. The number of aromatic nitrogens is 2. The van der Waals surface area contributed by atoms with Gasteiger partial charge < -0.3 is 36.5 Å². The van der Waals surface area contributed by atoms with Crippen LogP contribution in [0.4, 0.5) is 0 Å². The van der Waals surface area contributed by atoms with Crippen LogP contribution in [0.15, 0.2) is 36.8 Å². The van der Waals surface area contributed by atoms with Crippen LogP contribution in [0.2, 0.25) is 0 Å². The highest BCUT2D eigenvalue weighted by molar-refractivity contribution is 7.98. The number of amides is 3. The van der Waals surface area contributed by atoms with Crippen molar-refractivity contribution in [2.45, 2.75) is 56.3 Å². The van der Waals surface area contributed by atoms with E-state index in [1.807, 2.05) is 6.26 Å². The number of benzene rings is 1. The maximum atomic E-state index is 13.5. The van der Waals surface area contributed by atoms with E-state index < -0.39 is 47.9 Å². The number of phenolic OH excluding ortho intramolecular Hbond substituents is 1. The first-order valence-electron chi connectivity index (χ1n) is 12.3. The number of likely N-dealkylation sites (tertiary alicyclic amines) is 1. The number of hydrogen-bond acceptors (Lipinski definition) is 8. The lowest BCUT2D eigenvalue weighted by Crippen LogP contribution is -2.57. The van der Waals surface area contributed by atoms with Crippen molar-refractivity contribution >= 4 is 35.5 Å². The van der Waals surface area contributed by atoms with Crippen LogP contribution >= 0.6 is 11.8 Å². The number of nitrogens with one attached hydrogen (secondary N) is 3. The first-order valence-corrected chi connectivity index (χ1v) is 13.7. The van der Waals surface area contributed by atoms with Gasteiger partial charge in [-0.15, -0.1) is 0 Å². The lowest BCUT2D eigenvalue weighted by atomic mass is 10.0. The van der Waals surface area contributed by atoms with Crippen molar-refractivity contribution in [3.05, 3.63) is 48.0 Å². The van der Waals surface area contributed by atoms with Crippen LogP contribution in [0.1, 0.15) is 30.5 Å². The zero-order chi connectivity index (χ0) is 27.7. The number of hydrogen-bond donors (Lipinski definition) is 6. The lowest BCUT2D eigenvalue weighted by Gasteiger charge is -2.30. The van der Waals surface area contributed by atoms with E-state index in [0.717, 1.165) is 5.56 Å². The molecule has 12 nitrogen and oxygen atoms in total. The van der Waals surface area contributed by atoms with E-state index >= 15 is 0 Å². The highest BCUT2D eigenvalue weighted by Crippen LogP contribution is 2.20. The molecule has 7 N–H and O–H groups in total. The van der Waals surface area contributed by atoms with Crippen molar-refractivity contribution in [2.24, 2.45) is 5.73 Å². The molecule has 1 aromatic heterocycles. The monoisotopic (exact) mass is 546 g/mol. The minimum Gasteiger partial charge on any atom is -0.508 e. The molecular weight excluding hydrogens is 512 g/mol. The van der Waals surface area contributed by atoms with Crippen molar-refractivity contribution in [1.82, 2.24) is 25.5 Å². The molecule has 38 heavy (non-hydrogen) atoms. The third-order valence-corrected chi connectivity index (χ3v) is 7.03. The number of aliphatic carboxylic acids is 1. The summed E-state index contributed by atoms with van der Waals surface area (Å²) in [6.45, 7) is 0.320. The van der Waals surface area contributed by atoms with Gasteiger partial charge >= 0.3 is 5.97 Å². The van der Waals surface area contributed by atoms with Crippen LogP contribution in [0, 0.1) is 0 Å². The molecule has 3 rings (SSSR count). The summed E-state index contributed by atoms with van der Waals surface area (Å²) in [5.74, 6) is -1.95. The molecule has 0 radical (unpaired) electrons. The number of H-pyrrole nitrogens is 1. The molecule has 206 valence electrons. The van der Waals surface area contributed by atoms with Gasteiger partial charge in [0.25, 0.3) is 0 Å². The predicted molar refractivity (Wildman–Crippen MR) is 141 cm³/mol. The van der Waals surface area contributed by atoms with Crippen molar-refractivity contribution in [3.63, 3.8) is 0 Å². The maximum absolute atomic E-state index is 13.5. The lowest BCUT2D eigenvalue weighted by molar-refractivity contribution is -0.145. The van der Waals surface area contributed by atoms with Gasteiger partial charge in [0.1, 0.15) is 23.9 Å². The fraction of sp³-hybridized carbons (Fsp3) is 0.480. The normalized spacial score (nSPS) is 17.4. The maximum Gasteiger partial charge on any atom is 0.326 e. The first-order chi connectivity index (χ1) is 18.2. The van der Waals surface area contributed by atoms with Crippen LogP contribution in [-0.2, 0) is 32.0 Å². The van der Waals surface area contributed by atoms with E-state index in [4.69, 9.17) is 5.73 Å². The summed E-state index contributed by atoms with van der Waals surface area (Å²) in [5.41, 5.74) is 7.42. The zero-order valence-corrected chi connectivity index (χ0v) is 21.9. The number of carboxylic acid groups (broad SMARTS) is 1. The van der Waals surface area contributed by atoms with Gasteiger partial charge in [-0.05, 0) is 55.4 Å². The molecule has 1 saturated heterocycles. The Morgan fingerprint density at radius 3 is 2.55 bits per heavy atom. The standard InChI is InChI=1S/C25H34N6O6S/c1-38-10-8-19(29-22(33)18(26)11-15-4-6-17(32)7-5-15)24(35)31-9-2-3-21(31)23(34)30-20(25(36)37)12-16-13-27-14-28-16/h4-7,13-14,18-21,32H,2-3,8-12,26H2,1H3,(H,27,28)(H,29,33)(H,30,34)(H,36,37). The smallest absolute Gasteiger partial charge is 0.326 e. The molecule has 0 spiro atoms. The number of aromatic amines is 1. The number of carbonyl (C=O) groups excluding carboxylic acids is 3.